The van der Waals surface area contributed by atoms with E-state index in [1.54, 1.807) is 12.1 Å². The average molecular weight is 422 g/mol. The molecule has 154 valence electrons. The predicted molar refractivity (Wildman–Crippen MR) is 116 cm³/mol. The van der Waals surface area contributed by atoms with Crippen LogP contribution in [-0.2, 0) is 16.6 Å². The van der Waals surface area contributed by atoms with E-state index in [0.717, 1.165) is 16.3 Å². The Hall–Kier alpha value is -3.03. The molecule has 0 aliphatic rings. The normalized spacial score (nSPS) is 12.5. The topological polar surface area (TPSA) is 76.3 Å². The van der Waals surface area contributed by atoms with Crippen molar-refractivity contribution in [1.82, 2.24) is 14.4 Å². The summed E-state index contributed by atoms with van der Waals surface area (Å²) in [6, 6.07) is 22.3. The summed E-state index contributed by atoms with van der Waals surface area (Å²) in [5.41, 5.74) is 0.124. The van der Waals surface area contributed by atoms with E-state index >= 15 is 0 Å². The van der Waals surface area contributed by atoms with Crippen molar-refractivity contribution in [3.63, 3.8) is 0 Å². The van der Waals surface area contributed by atoms with Gasteiger partial charge in [-0.1, -0.05) is 65.8 Å². The van der Waals surface area contributed by atoms with Gasteiger partial charge in [-0.25, -0.2) is 8.42 Å². The lowest BCUT2D eigenvalue weighted by molar-refractivity contribution is 0.214. The molecule has 0 aliphatic heterocycles. The smallest absolute Gasteiger partial charge is 0.244 e. The molecule has 0 radical (unpaired) electrons. The Balaban J connectivity index is 1.69. The van der Waals surface area contributed by atoms with Crippen molar-refractivity contribution in [1.29, 1.82) is 0 Å². The molecule has 7 heteroatoms. The first kappa shape index (κ1) is 20.3. The van der Waals surface area contributed by atoms with Crippen molar-refractivity contribution in [2.24, 2.45) is 0 Å². The first-order valence-corrected chi connectivity index (χ1v) is 11.1. The summed E-state index contributed by atoms with van der Waals surface area (Å²) >= 11 is 0. The standard InChI is InChI=1S/C23H23N3O3S/c1-23(2,3)26(16-21-24-22(25-29-21)18-10-5-4-6-11-18)30(27,28)20-14-13-17-9-7-8-12-19(17)15-20/h4-15H,16H2,1-3H3. The first-order chi connectivity index (χ1) is 14.2. The van der Waals surface area contributed by atoms with Crippen molar-refractivity contribution < 1.29 is 12.9 Å². The highest BCUT2D eigenvalue weighted by Crippen LogP contribution is 2.29. The molecule has 0 amide bonds. The van der Waals surface area contributed by atoms with E-state index in [2.05, 4.69) is 10.1 Å². The molecule has 0 saturated carbocycles. The lowest BCUT2D eigenvalue weighted by Crippen LogP contribution is -2.45. The summed E-state index contributed by atoms with van der Waals surface area (Å²) in [7, 11) is -3.80. The van der Waals surface area contributed by atoms with Crippen molar-refractivity contribution in [2.45, 2.75) is 37.8 Å². The molecule has 0 fully saturated rings. The summed E-state index contributed by atoms with van der Waals surface area (Å²) in [4.78, 5) is 4.64. The molecule has 0 aliphatic carbocycles. The van der Waals surface area contributed by atoms with Crippen molar-refractivity contribution in [3.05, 3.63) is 78.7 Å². The van der Waals surface area contributed by atoms with E-state index in [1.807, 2.05) is 81.4 Å². The van der Waals surface area contributed by atoms with Crippen LogP contribution in [0.1, 0.15) is 26.7 Å². The van der Waals surface area contributed by atoms with Crippen LogP contribution in [0.3, 0.4) is 0 Å². The third kappa shape index (κ3) is 3.99. The molecular formula is C23H23N3O3S. The molecule has 0 saturated heterocycles. The van der Waals surface area contributed by atoms with Gasteiger partial charge in [-0.15, -0.1) is 0 Å². The fourth-order valence-corrected chi connectivity index (χ4v) is 5.06. The third-order valence-electron chi connectivity index (χ3n) is 4.84. The molecule has 1 aromatic heterocycles. The van der Waals surface area contributed by atoms with E-state index in [4.69, 9.17) is 4.52 Å². The lowest BCUT2D eigenvalue weighted by Gasteiger charge is -2.33. The van der Waals surface area contributed by atoms with Gasteiger partial charge in [0.25, 0.3) is 0 Å². The zero-order valence-corrected chi connectivity index (χ0v) is 17.9. The maximum atomic E-state index is 13.5. The van der Waals surface area contributed by atoms with Crippen LogP contribution in [0.15, 0.2) is 82.2 Å². The Bertz CT molecular complexity index is 1280. The van der Waals surface area contributed by atoms with Crippen molar-refractivity contribution in [3.8, 4) is 11.4 Å². The number of hydrogen-bond donors (Lipinski definition) is 0. The molecule has 0 bridgehead atoms. The predicted octanol–water partition coefficient (Wildman–Crippen LogP) is 4.88. The van der Waals surface area contributed by atoms with Gasteiger partial charge >= 0.3 is 0 Å². The van der Waals surface area contributed by atoms with Gasteiger partial charge in [-0.2, -0.15) is 9.29 Å². The average Bonchev–Trinajstić information content (AvgIpc) is 3.20. The van der Waals surface area contributed by atoms with Gasteiger partial charge in [0.15, 0.2) is 0 Å². The molecule has 4 rings (SSSR count). The highest BCUT2D eigenvalue weighted by atomic mass is 32.2. The Labute approximate surface area is 176 Å². The van der Waals surface area contributed by atoms with Gasteiger partial charge < -0.3 is 4.52 Å². The minimum atomic E-state index is -3.80. The Kier molecular flexibility index (Phi) is 5.17. The largest absolute Gasteiger partial charge is 0.338 e. The second-order valence-corrected chi connectivity index (χ2v) is 9.93. The van der Waals surface area contributed by atoms with Gasteiger partial charge in [0, 0.05) is 11.1 Å². The number of fused-ring (bicyclic) bond motifs is 1. The number of sulfonamides is 1. The number of aromatic nitrogens is 2. The maximum absolute atomic E-state index is 13.5. The Morgan fingerprint density at radius 3 is 2.27 bits per heavy atom. The first-order valence-electron chi connectivity index (χ1n) is 9.65. The zero-order chi connectivity index (χ0) is 21.4. The highest BCUT2D eigenvalue weighted by molar-refractivity contribution is 7.89. The third-order valence-corrected chi connectivity index (χ3v) is 6.94. The second-order valence-electron chi connectivity index (χ2n) is 8.07. The van der Waals surface area contributed by atoms with Crippen molar-refractivity contribution in [2.75, 3.05) is 0 Å². The van der Waals surface area contributed by atoms with Gasteiger partial charge in [-0.3, -0.25) is 0 Å². The summed E-state index contributed by atoms with van der Waals surface area (Å²) in [6.45, 7) is 5.53. The number of rotatable bonds is 5. The van der Waals surface area contributed by atoms with Crippen LogP contribution < -0.4 is 0 Å². The summed E-state index contributed by atoms with van der Waals surface area (Å²) in [6.07, 6.45) is 0. The summed E-state index contributed by atoms with van der Waals surface area (Å²) in [5.74, 6) is 0.677. The van der Waals surface area contributed by atoms with E-state index in [9.17, 15) is 8.42 Å². The molecule has 6 nitrogen and oxygen atoms in total. The van der Waals surface area contributed by atoms with E-state index in [0.29, 0.717) is 5.82 Å². The molecule has 3 aromatic carbocycles. The molecular weight excluding hydrogens is 398 g/mol. The number of benzene rings is 3. The van der Waals surface area contributed by atoms with E-state index in [1.165, 1.54) is 4.31 Å². The summed E-state index contributed by atoms with van der Waals surface area (Å²) in [5, 5.41) is 5.87. The molecule has 4 aromatic rings. The minimum Gasteiger partial charge on any atom is -0.338 e. The van der Waals surface area contributed by atoms with Gasteiger partial charge in [-0.05, 0) is 43.7 Å². The molecule has 0 unspecified atom stereocenters. The van der Waals surface area contributed by atoms with Crippen LogP contribution in [0.25, 0.3) is 22.2 Å². The fraction of sp³-hybridized carbons (Fsp3) is 0.217. The summed E-state index contributed by atoms with van der Waals surface area (Å²) < 4.78 is 33.9. The minimum absolute atomic E-state index is 0.0154. The van der Waals surface area contributed by atoms with Crippen LogP contribution in [-0.4, -0.2) is 28.4 Å². The zero-order valence-electron chi connectivity index (χ0n) is 17.1. The molecule has 30 heavy (non-hydrogen) atoms. The fourth-order valence-electron chi connectivity index (χ4n) is 3.28. The number of hydrogen-bond acceptors (Lipinski definition) is 5. The maximum Gasteiger partial charge on any atom is 0.244 e. The van der Waals surface area contributed by atoms with E-state index in [-0.39, 0.29) is 17.3 Å². The lowest BCUT2D eigenvalue weighted by atomic mass is 10.1. The van der Waals surface area contributed by atoms with Gasteiger partial charge in [0.2, 0.25) is 21.7 Å². The quantitative estimate of drug-likeness (QED) is 0.459. The molecule has 0 N–H and O–H groups in total. The SMILES string of the molecule is CC(C)(C)N(Cc1nc(-c2ccccc2)no1)S(=O)(=O)c1ccc2ccccc2c1. The Morgan fingerprint density at radius 1 is 0.900 bits per heavy atom. The van der Waals surface area contributed by atoms with Crippen LogP contribution in [0.5, 0.6) is 0 Å². The number of nitrogens with zero attached hydrogens (tertiary/aromatic N) is 3. The molecule has 1 heterocycles. The molecule has 0 atom stereocenters. The van der Waals surface area contributed by atoms with Crippen LogP contribution in [0.4, 0.5) is 0 Å². The van der Waals surface area contributed by atoms with Crippen LogP contribution >= 0.6 is 0 Å². The Morgan fingerprint density at radius 2 is 1.57 bits per heavy atom. The highest BCUT2D eigenvalue weighted by Gasteiger charge is 2.35. The monoisotopic (exact) mass is 421 g/mol. The second kappa shape index (κ2) is 7.66. The molecule has 0 spiro atoms. The van der Waals surface area contributed by atoms with Gasteiger partial charge in [0.1, 0.15) is 0 Å². The van der Waals surface area contributed by atoms with E-state index < -0.39 is 15.6 Å². The van der Waals surface area contributed by atoms with Crippen LogP contribution in [0.2, 0.25) is 0 Å². The van der Waals surface area contributed by atoms with Gasteiger partial charge in [0.05, 0.1) is 11.4 Å². The van der Waals surface area contributed by atoms with Crippen molar-refractivity contribution >= 4 is 20.8 Å². The van der Waals surface area contributed by atoms with Crippen LogP contribution in [0, 0.1) is 0 Å².